The average Bonchev–Trinajstić information content (AvgIpc) is 2.67. The van der Waals surface area contributed by atoms with E-state index in [0.29, 0.717) is 6.04 Å². The van der Waals surface area contributed by atoms with Gasteiger partial charge in [0, 0.05) is 33.4 Å². The summed E-state index contributed by atoms with van der Waals surface area (Å²) < 4.78 is 0. The molecule has 1 aliphatic rings. The maximum Gasteiger partial charge on any atom is 0.226 e. The van der Waals surface area contributed by atoms with Gasteiger partial charge in [-0.2, -0.15) is 4.98 Å². The molecule has 0 spiro atoms. The molecule has 2 rings (SSSR count). The van der Waals surface area contributed by atoms with Crippen molar-refractivity contribution in [2.24, 2.45) is 0 Å². The third-order valence-electron chi connectivity index (χ3n) is 3.48. The van der Waals surface area contributed by atoms with Gasteiger partial charge in [0.15, 0.2) is 0 Å². The zero-order valence-electron chi connectivity index (χ0n) is 11.6. The summed E-state index contributed by atoms with van der Waals surface area (Å²) in [7, 11) is 6.07. The predicted octanol–water partition coefficient (Wildman–Crippen LogP) is 1.12. The lowest BCUT2D eigenvalue weighted by Crippen LogP contribution is -2.33. The van der Waals surface area contributed by atoms with E-state index in [1.54, 1.807) is 0 Å². The van der Waals surface area contributed by atoms with Crippen LogP contribution in [0, 0.1) is 0 Å². The van der Waals surface area contributed by atoms with E-state index in [-0.39, 0.29) is 0 Å². The Kier molecular flexibility index (Phi) is 4.36. The molecule has 1 saturated heterocycles. The van der Waals surface area contributed by atoms with Crippen molar-refractivity contribution in [1.29, 1.82) is 0 Å². The Bertz CT molecular complexity index is 371. The second-order valence-corrected chi connectivity index (χ2v) is 5.05. The van der Waals surface area contributed by atoms with Crippen LogP contribution in [0.1, 0.15) is 19.3 Å². The number of rotatable bonds is 3. The second kappa shape index (κ2) is 6.00. The van der Waals surface area contributed by atoms with Crippen LogP contribution in [0.15, 0.2) is 12.3 Å². The van der Waals surface area contributed by atoms with Gasteiger partial charge in [-0.1, -0.05) is 0 Å². The fourth-order valence-corrected chi connectivity index (χ4v) is 2.33. The number of anilines is 2. The van der Waals surface area contributed by atoms with Crippen LogP contribution >= 0.6 is 0 Å². The smallest absolute Gasteiger partial charge is 0.226 e. The summed E-state index contributed by atoms with van der Waals surface area (Å²) in [5.41, 5.74) is 0. The van der Waals surface area contributed by atoms with Crippen molar-refractivity contribution >= 4 is 11.8 Å². The summed E-state index contributed by atoms with van der Waals surface area (Å²) in [5.74, 6) is 1.78. The van der Waals surface area contributed by atoms with Crippen molar-refractivity contribution in [2.45, 2.75) is 25.3 Å². The minimum Gasteiger partial charge on any atom is -0.356 e. The van der Waals surface area contributed by atoms with Crippen molar-refractivity contribution in [3.8, 4) is 0 Å². The summed E-state index contributed by atoms with van der Waals surface area (Å²) in [6, 6.07) is 2.57. The van der Waals surface area contributed by atoms with Crippen LogP contribution in [0.25, 0.3) is 0 Å². The zero-order chi connectivity index (χ0) is 13.0. The molecule has 5 heteroatoms. The van der Waals surface area contributed by atoms with Crippen LogP contribution in [0.3, 0.4) is 0 Å². The number of hydrogen-bond donors (Lipinski definition) is 1. The third kappa shape index (κ3) is 3.10. The van der Waals surface area contributed by atoms with Crippen LogP contribution in [0.4, 0.5) is 11.8 Å². The maximum absolute atomic E-state index is 4.60. The Morgan fingerprint density at radius 2 is 2.06 bits per heavy atom. The van der Waals surface area contributed by atoms with E-state index in [1.807, 2.05) is 31.3 Å². The van der Waals surface area contributed by atoms with Crippen molar-refractivity contribution in [2.75, 3.05) is 44.0 Å². The first-order valence-corrected chi connectivity index (χ1v) is 6.62. The molecule has 5 nitrogen and oxygen atoms in total. The highest BCUT2D eigenvalue weighted by atomic mass is 15.3. The summed E-state index contributed by atoms with van der Waals surface area (Å²) in [4.78, 5) is 13.1. The van der Waals surface area contributed by atoms with Crippen LogP contribution < -0.4 is 15.1 Å². The van der Waals surface area contributed by atoms with Gasteiger partial charge in [0.25, 0.3) is 0 Å². The van der Waals surface area contributed by atoms with Gasteiger partial charge in [-0.15, -0.1) is 0 Å². The fourth-order valence-electron chi connectivity index (χ4n) is 2.33. The molecule has 0 saturated carbocycles. The molecule has 0 bridgehead atoms. The molecule has 1 N–H and O–H groups in total. The van der Waals surface area contributed by atoms with E-state index >= 15 is 0 Å². The van der Waals surface area contributed by atoms with E-state index in [9.17, 15) is 0 Å². The van der Waals surface area contributed by atoms with Crippen molar-refractivity contribution in [1.82, 2.24) is 15.3 Å². The Hall–Kier alpha value is -1.36. The van der Waals surface area contributed by atoms with Gasteiger partial charge in [0.05, 0.1) is 0 Å². The highest BCUT2D eigenvalue weighted by Gasteiger charge is 2.18. The molecule has 1 atom stereocenters. The number of nitrogens with one attached hydrogen (secondary N) is 1. The largest absolute Gasteiger partial charge is 0.356 e. The summed E-state index contributed by atoms with van der Waals surface area (Å²) in [6.07, 6.45) is 5.48. The predicted molar refractivity (Wildman–Crippen MR) is 75.3 cm³/mol. The van der Waals surface area contributed by atoms with Crippen LogP contribution in [-0.2, 0) is 0 Å². The monoisotopic (exact) mass is 249 g/mol. The topological polar surface area (TPSA) is 44.3 Å². The first-order chi connectivity index (χ1) is 8.68. The molecule has 1 aromatic rings. The van der Waals surface area contributed by atoms with Crippen molar-refractivity contribution in [3.63, 3.8) is 0 Å². The standard InChI is InChI=1S/C13H23N5/c1-17(2)13-15-10-7-12(16-13)18(3)11-5-4-8-14-9-6-11/h7,10-11,14H,4-6,8-9H2,1-3H3. The fraction of sp³-hybridized carbons (Fsp3) is 0.692. The highest BCUT2D eigenvalue weighted by Crippen LogP contribution is 2.19. The quantitative estimate of drug-likeness (QED) is 0.869. The van der Waals surface area contributed by atoms with Gasteiger partial charge >= 0.3 is 0 Å². The molecule has 2 heterocycles. The zero-order valence-corrected chi connectivity index (χ0v) is 11.6. The third-order valence-corrected chi connectivity index (χ3v) is 3.48. The summed E-state index contributed by atoms with van der Waals surface area (Å²) in [5, 5.41) is 3.45. The molecule has 1 aromatic heterocycles. The first kappa shape index (κ1) is 13.1. The molecule has 1 fully saturated rings. The SMILES string of the molecule is CN(C)c1nccc(N(C)C2CCCNCC2)n1. The molecule has 0 amide bonds. The molecule has 0 aliphatic carbocycles. The lowest BCUT2D eigenvalue weighted by Gasteiger charge is -2.28. The molecule has 0 aromatic carbocycles. The van der Waals surface area contributed by atoms with E-state index in [2.05, 4.69) is 27.2 Å². The van der Waals surface area contributed by atoms with E-state index in [4.69, 9.17) is 0 Å². The van der Waals surface area contributed by atoms with Crippen LogP contribution in [0.2, 0.25) is 0 Å². The molecule has 1 unspecified atom stereocenters. The number of hydrogen-bond acceptors (Lipinski definition) is 5. The second-order valence-electron chi connectivity index (χ2n) is 5.05. The molecule has 0 radical (unpaired) electrons. The molecule has 1 aliphatic heterocycles. The average molecular weight is 249 g/mol. The Balaban J connectivity index is 2.11. The van der Waals surface area contributed by atoms with Gasteiger partial charge in [-0.05, 0) is 38.4 Å². The van der Waals surface area contributed by atoms with Gasteiger partial charge in [0.2, 0.25) is 5.95 Å². The van der Waals surface area contributed by atoms with E-state index in [0.717, 1.165) is 24.9 Å². The Morgan fingerprint density at radius 3 is 2.83 bits per heavy atom. The Morgan fingerprint density at radius 1 is 1.22 bits per heavy atom. The minimum atomic E-state index is 0.574. The van der Waals surface area contributed by atoms with Crippen LogP contribution in [-0.4, -0.2) is 50.2 Å². The molecule has 100 valence electrons. The van der Waals surface area contributed by atoms with E-state index in [1.165, 1.54) is 19.3 Å². The van der Waals surface area contributed by atoms with E-state index < -0.39 is 0 Å². The van der Waals surface area contributed by atoms with Crippen molar-refractivity contribution in [3.05, 3.63) is 12.3 Å². The molecule has 18 heavy (non-hydrogen) atoms. The summed E-state index contributed by atoms with van der Waals surface area (Å²) in [6.45, 7) is 2.23. The lowest BCUT2D eigenvalue weighted by atomic mass is 10.1. The summed E-state index contributed by atoms with van der Waals surface area (Å²) >= 11 is 0. The Labute approximate surface area is 109 Å². The minimum absolute atomic E-state index is 0.574. The van der Waals surface area contributed by atoms with Gasteiger partial charge in [-0.3, -0.25) is 0 Å². The number of aromatic nitrogens is 2. The highest BCUT2D eigenvalue weighted by molar-refractivity contribution is 5.43. The number of nitrogens with zero attached hydrogens (tertiary/aromatic N) is 4. The maximum atomic E-state index is 4.60. The van der Waals surface area contributed by atoms with Gasteiger partial charge in [-0.25, -0.2) is 4.98 Å². The lowest BCUT2D eigenvalue weighted by molar-refractivity contribution is 0.562. The molecular formula is C13H23N5. The normalized spacial score (nSPS) is 20.3. The first-order valence-electron chi connectivity index (χ1n) is 6.62. The van der Waals surface area contributed by atoms with Crippen LogP contribution in [0.5, 0.6) is 0 Å². The van der Waals surface area contributed by atoms with Gasteiger partial charge < -0.3 is 15.1 Å². The van der Waals surface area contributed by atoms with Crippen molar-refractivity contribution < 1.29 is 0 Å². The molecular weight excluding hydrogens is 226 g/mol. The van der Waals surface area contributed by atoms with Gasteiger partial charge in [0.1, 0.15) is 5.82 Å².